The van der Waals surface area contributed by atoms with E-state index >= 15 is 0 Å². The second-order valence-electron chi connectivity index (χ2n) is 7.12. The van der Waals surface area contributed by atoms with Crippen LogP contribution in [0.25, 0.3) is 11.2 Å². The Bertz CT molecular complexity index is 1180. The summed E-state index contributed by atoms with van der Waals surface area (Å²) in [6.45, 7) is 0.0119. The number of fused-ring (bicyclic) bond motifs is 1. The van der Waals surface area contributed by atoms with E-state index < -0.39 is 28.9 Å². The number of hydrogen-bond donors (Lipinski definition) is 3. The minimum atomic E-state index is -0.686. The summed E-state index contributed by atoms with van der Waals surface area (Å²) in [5.41, 5.74) is -0.937. The molecule has 0 aliphatic rings. The Morgan fingerprint density at radius 2 is 1.90 bits per heavy atom. The molecule has 0 bridgehead atoms. The highest BCUT2D eigenvalue weighted by Gasteiger charge is 2.22. The molecule has 1 aromatic carbocycles. The fourth-order valence-corrected chi connectivity index (χ4v) is 3.17. The van der Waals surface area contributed by atoms with E-state index in [0.717, 1.165) is 0 Å². The normalized spacial score (nSPS) is 12.5. The number of likely N-dealkylation sites (N-methyl/N-ethyl adjacent to an activating group) is 1. The van der Waals surface area contributed by atoms with Crippen molar-refractivity contribution in [1.82, 2.24) is 29.7 Å². The van der Waals surface area contributed by atoms with Gasteiger partial charge < -0.3 is 15.2 Å². The first kappa shape index (κ1) is 21.4. The number of aryl methyl sites for hydroxylation is 2. The summed E-state index contributed by atoms with van der Waals surface area (Å²) in [4.78, 5) is 46.5. The molecule has 3 N–H and O–H groups in total. The van der Waals surface area contributed by atoms with Gasteiger partial charge in [0, 0.05) is 32.0 Å². The Kier molecular flexibility index (Phi) is 6.11. The molecule has 0 saturated heterocycles. The molecule has 1 amide bonds. The van der Waals surface area contributed by atoms with Gasteiger partial charge >= 0.3 is 5.69 Å². The van der Waals surface area contributed by atoms with Crippen LogP contribution in [0.5, 0.6) is 0 Å². The molecular weight excluding hydrogens is 398 g/mol. The number of aromatic amines is 2. The lowest BCUT2D eigenvalue weighted by Gasteiger charge is -2.25. The number of amides is 1. The van der Waals surface area contributed by atoms with Crippen LogP contribution in [0.4, 0.5) is 8.78 Å². The van der Waals surface area contributed by atoms with E-state index in [0.29, 0.717) is 5.82 Å². The quantitative estimate of drug-likeness (QED) is 0.517. The first-order chi connectivity index (χ1) is 14.2. The van der Waals surface area contributed by atoms with Crippen LogP contribution < -0.4 is 16.6 Å². The molecule has 30 heavy (non-hydrogen) atoms. The molecule has 0 aliphatic heterocycles. The molecule has 1 unspecified atom stereocenters. The number of imidazole rings is 1. The molecule has 1 atom stereocenters. The third-order valence-electron chi connectivity index (χ3n) is 4.84. The molecule has 0 radical (unpaired) electrons. The largest absolute Gasteiger partial charge is 0.354 e. The minimum absolute atomic E-state index is 0.0119. The highest BCUT2D eigenvalue weighted by atomic mass is 19.1. The van der Waals surface area contributed by atoms with Gasteiger partial charge in [0.05, 0.1) is 6.04 Å². The highest BCUT2D eigenvalue weighted by Crippen LogP contribution is 2.23. The standard InChI is InChI=1S/C19H22F2N6O3/c1-26(2)12(15-10(20)5-4-6-11(15)21)9-22-14(28)8-7-13-23-16-17(24-13)27(3)19(30)25-18(16)29/h4-6,12H,7-9H2,1-3H3,(H,22,28)(H,23,24)(H,25,29,30). The molecule has 9 nitrogen and oxygen atoms in total. The first-order valence-electron chi connectivity index (χ1n) is 9.24. The smallest absolute Gasteiger partial charge is 0.329 e. The molecular formula is C19H22F2N6O3. The Morgan fingerprint density at radius 3 is 2.53 bits per heavy atom. The number of H-pyrrole nitrogens is 2. The van der Waals surface area contributed by atoms with E-state index in [-0.39, 0.29) is 42.0 Å². The third kappa shape index (κ3) is 4.30. The zero-order chi connectivity index (χ0) is 22.0. The number of nitrogens with one attached hydrogen (secondary N) is 3. The summed E-state index contributed by atoms with van der Waals surface area (Å²) < 4.78 is 29.4. The number of carbonyl (C=O) groups excluding carboxylic acids is 1. The topological polar surface area (TPSA) is 116 Å². The van der Waals surface area contributed by atoms with Gasteiger partial charge in [0.15, 0.2) is 5.65 Å². The summed E-state index contributed by atoms with van der Waals surface area (Å²) >= 11 is 0. The number of benzene rings is 1. The molecule has 160 valence electrons. The van der Waals surface area contributed by atoms with Gasteiger partial charge in [0.1, 0.15) is 23.0 Å². The predicted molar refractivity (Wildman–Crippen MR) is 106 cm³/mol. The van der Waals surface area contributed by atoms with E-state index in [1.807, 2.05) is 0 Å². The monoisotopic (exact) mass is 420 g/mol. The Balaban J connectivity index is 1.66. The van der Waals surface area contributed by atoms with Crippen molar-refractivity contribution in [3.63, 3.8) is 0 Å². The van der Waals surface area contributed by atoms with E-state index in [1.165, 1.54) is 29.8 Å². The summed E-state index contributed by atoms with van der Waals surface area (Å²) in [5.74, 6) is -1.33. The highest BCUT2D eigenvalue weighted by molar-refractivity contribution is 5.76. The number of hydrogen-bond acceptors (Lipinski definition) is 5. The summed E-state index contributed by atoms with van der Waals surface area (Å²) in [7, 11) is 4.80. The second kappa shape index (κ2) is 8.57. The van der Waals surface area contributed by atoms with Gasteiger partial charge in [-0.05, 0) is 26.2 Å². The molecule has 0 spiro atoms. The van der Waals surface area contributed by atoms with Crippen LogP contribution in [0, 0.1) is 11.6 Å². The maximum atomic E-state index is 14.1. The fraction of sp³-hybridized carbons (Fsp3) is 0.368. The van der Waals surface area contributed by atoms with Gasteiger partial charge in [-0.15, -0.1) is 0 Å². The molecule has 2 heterocycles. The number of carbonyl (C=O) groups is 1. The zero-order valence-electron chi connectivity index (χ0n) is 16.8. The van der Waals surface area contributed by atoms with Crippen molar-refractivity contribution in [1.29, 1.82) is 0 Å². The Labute approximate surface area is 169 Å². The van der Waals surface area contributed by atoms with E-state index in [9.17, 15) is 23.2 Å². The Hall–Kier alpha value is -3.34. The molecule has 2 aromatic heterocycles. The predicted octanol–water partition coefficient (Wildman–Crippen LogP) is 0.580. The van der Waals surface area contributed by atoms with Crippen LogP contribution >= 0.6 is 0 Å². The SMILES string of the molecule is CN(C)C(CNC(=O)CCc1nc2c([nH]1)c(=O)[nH]c(=O)n2C)c1c(F)cccc1F. The molecule has 3 rings (SSSR count). The molecule has 3 aromatic rings. The van der Waals surface area contributed by atoms with E-state index in [1.54, 1.807) is 19.0 Å². The number of rotatable bonds is 7. The van der Waals surface area contributed by atoms with Gasteiger partial charge in [0.2, 0.25) is 5.91 Å². The van der Waals surface area contributed by atoms with Crippen LogP contribution in [0.1, 0.15) is 23.9 Å². The van der Waals surface area contributed by atoms with Gasteiger partial charge in [-0.3, -0.25) is 19.1 Å². The van der Waals surface area contributed by atoms with Gasteiger partial charge in [-0.1, -0.05) is 6.07 Å². The van der Waals surface area contributed by atoms with E-state index in [4.69, 9.17) is 0 Å². The lowest BCUT2D eigenvalue weighted by Crippen LogP contribution is -2.35. The van der Waals surface area contributed by atoms with E-state index in [2.05, 4.69) is 20.3 Å². The average molecular weight is 420 g/mol. The molecule has 0 fully saturated rings. The zero-order valence-corrected chi connectivity index (χ0v) is 16.8. The van der Waals surface area contributed by atoms with Gasteiger partial charge in [-0.25, -0.2) is 18.6 Å². The number of halogens is 2. The summed E-state index contributed by atoms with van der Waals surface area (Å²) in [6.07, 6.45) is 0.223. The van der Waals surface area contributed by atoms with Gasteiger partial charge in [-0.2, -0.15) is 0 Å². The third-order valence-corrected chi connectivity index (χ3v) is 4.84. The van der Waals surface area contributed by atoms with Crippen molar-refractivity contribution in [2.24, 2.45) is 7.05 Å². The van der Waals surface area contributed by atoms with Crippen molar-refractivity contribution < 1.29 is 13.6 Å². The van der Waals surface area contributed by atoms with Crippen LogP contribution in [0.15, 0.2) is 27.8 Å². The lowest BCUT2D eigenvalue weighted by atomic mass is 10.0. The average Bonchev–Trinajstić information content (AvgIpc) is 3.11. The Morgan fingerprint density at radius 1 is 1.23 bits per heavy atom. The van der Waals surface area contributed by atoms with Crippen molar-refractivity contribution in [3.8, 4) is 0 Å². The van der Waals surface area contributed by atoms with Crippen LogP contribution in [-0.2, 0) is 18.3 Å². The number of nitrogens with zero attached hydrogens (tertiary/aromatic N) is 3. The minimum Gasteiger partial charge on any atom is -0.354 e. The van der Waals surface area contributed by atoms with Crippen molar-refractivity contribution in [3.05, 3.63) is 62.1 Å². The molecule has 0 saturated carbocycles. The first-order valence-corrected chi connectivity index (χ1v) is 9.24. The maximum Gasteiger partial charge on any atom is 0.329 e. The van der Waals surface area contributed by atoms with Crippen molar-refractivity contribution >= 4 is 17.1 Å². The van der Waals surface area contributed by atoms with Crippen LogP contribution in [0.2, 0.25) is 0 Å². The number of aromatic nitrogens is 4. The van der Waals surface area contributed by atoms with Crippen molar-refractivity contribution in [2.75, 3.05) is 20.6 Å². The van der Waals surface area contributed by atoms with Gasteiger partial charge in [0.25, 0.3) is 5.56 Å². The summed E-state index contributed by atoms with van der Waals surface area (Å²) in [6, 6.07) is 2.95. The molecule has 11 heteroatoms. The lowest BCUT2D eigenvalue weighted by molar-refractivity contribution is -0.121. The fourth-order valence-electron chi connectivity index (χ4n) is 3.17. The van der Waals surface area contributed by atoms with Crippen molar-refractivity contribution in [2.45, 2.75) is 18.9 Å². The van der Waals surface area contributed by atoms with Crippen LogP contribution in [-0.4, -0.2) is 51.0 Å². The summed E-state index contributed by atoms with van der Waals surface area (Å²) in [5, 5.41) is 2.67. The molecule has 0 aliphatic carbocycles. The second-order valence-corrected chi connectivity index (χ2v) is 7.12. The maximum absolute atomic E-state index is 14.1. The van der Waals surface area contributed by atoms with Crippen LogP contribution in [0.3, 0.4) is 0 Å².